The molecule has 5 rings (SSSR count). The second-order valence-corrected chi connectivity index (χ2v) is 7.11. The second kappa shape index (κ2) is 5.80. The molecule has 2 fully saturated rings. The van der Waals surface area contributed by atoms with Gasteiger partial charge in [0.2, 0.25) is 0 Å². The quantitative estimate of drug-likeness (QED) is 0.777. The standard InChI is InChI=1S/C17H21N7O/c18-16-15-17(20-9-19-16)24(10-21-15)13-4-5-23(7-13)6-12-8-25-22-14(12)11-2-1-3-11/h8-11,13H,1-7H2,(H2,18,19,20). The minimum Gasteiger partial charge on any atom is -0.382 e. The van der Waals surface area contributed by atoms with Crippen LogP contribution in [0.2, 0.25) is 0 Å². The molecule has 25 heavy (non-hydrogen) atoms. The Hall–Kier alpha value is -2.48. The van der Waals surface area contributed by atoms with E-state index in [4.69, 9.17) is 10.3 Å². The number of nitrogens with two attached hydrogens (primary N) is 1. The van der Waals surface area contributed by atoms with Gasteiger partial charge in [-0.25, -0.2) is 15.0 Å². The maximum atomic E-state index is 5.89. The monoisotopic (exact) mass is 339 g/mol. The van der Waals surface area contributed by atoms with E-state index in [1.54, 1.807) is 0 Å². The maximum absolute atomic E-state index is 5.89. The van der Waals surface area contributed by atoms with Crippen LogP contribution in [0.5, 0.6) is 0 Å². The highest BCUT2D eigenvalue weighted by molar-refractivity contribution is 5.81. The highest BCUT2D eigenvalue weighted by Crippen LogP contribution is 2.38. The minimum absolute atomic E-state index is 0.353. The zero-order valence-corrected chi connectivity index (χ0v) is 14.0. The largest absolute Gasteiger partial charge is 0.382 e. The van der Waals surface area contributed by atoms with E-state index in [0.717, 1.165) is 31.7 Å². The van der Waals surface area contributed by atoms with Crippen LogP contribution >= 0.6 is 0 Å². The predicted molar refractivity (Wildman–Crippen MR) is 91.8 cm³/mol. The van der Waals surface area contributed by atoms with Gasteiger partial charge >= 0.3 is 0 Å². The number of hydrogen-bond acceptors (Lipinski definition) is 7. The summed E-state index contributed by atoms with van der Waals surface area (Å²) in [6.07, 6.45) is 10.0. The Morgan fingerprint density at radius 3 is 2.96 bits per heavy atom. The number of anilines is 1. The summed E-state index contributed by atoms with van der Waals surface area (Å²) >= 11 is 0. The van der Waals surface area contributed by atoms with Crippen LogP contribution in [0, 0.1) is 0 Å². The molecule has 8 heteroatoms. The van der Waals surface area contributed by atoms with Crippen molar-refractivity contribution >= 4 is 17.0 Å². The van der Waals surface area contributed by atoms with Gasteiger partial charge in [-0.05, 0) is 19.3 Å². The van der Waals surface area contributed by atoms with Crippen molar-refractivity contribution in [3.8, 4) is 0 Å². The third kappa shape index (κ3) is 2.48. The first kappa shape index (κ1) is 14.8. The molecule has 3 aromatic heterocycles. The first-order chi connectivity index (χ1) is 12.3. The van der Waals surface area contributed by atoms with Crippen LogP contribution < -0.4 is 5.73 Å². The van der Waals surface area contributed by atoms with E-state index in [2.05, 4.69) is 29.6 Å². The van der Waals surface area contributed by atoms with Gasteiger partial charge in [-0.3, -0.25) is 4.90 Å². The van der Waals surface area contributed by atoms with Crippen LogP contribution in [0.1, 0.15) is 48.9 Å². The molecule has 2 aliphatic rings. The van der Waals surface area contributed by atoms with Gasteiger partial charge in [-0.1, -0.05) is 11.6 Å². The Morgan fingerprint density at radius 1 is 1.20 bits per heavy atom. The van der Waals surface area contributed by atoms with Gasteiger partial charge in [0.25, 0.3) is 0 Å². The third-order valence-corrected chi connectivity index (χ3v) is 5.59. The number of imidazole rings is 1. The molecule has 130 valence electrons. The molecular weight excluding hydrogens is 318 g/mol. The van der Waals surface area contributed by atoms with E-state index in [1.165, 1.54) is 36.8 Å². The van der Waals surface area contributed by atoms with Gasteiger partial charge < -0.3 is 14.8 Å². The van der Waals surface area contributed by atoms with Crippen molar-refractivity contribution in [3.63, 3.8) is 0 Å². The summed E-state index contributed by atoms with van der Waals surface area (Å²) in [7, 11) is 0. The lowest BCUT2D eigenvalue weighted by molar-refractivity contribution is 0.312. The van der Waals surface area contributed by atoms with Gasteiger partial charge in [0, 0.05) is 31.1 Å². The number of fused-ring (bicyclic) bond motifs is 1. The summed E-state index contributed by atoms with van der Waals surface area (Å²) in [4.78, 5) is 15.2. The van der Waals surface area contributed by atoms with Crippen molar-refractivity contribution in [1.29, 1.82) is 0 Å². The lowest BCUT2D eigenvalue weighted by atomic mass is 9.81. The third-order valence-electron chi connectivity index (χ3n) is 5.59. The molecule has 0 amide bonds. The molecule has 4 heterocycles. The maximum Gasteiger partial charge on any atom is 0.165 e. The first-order valence-corrected chi connectivity index (χ1v) is 8.88. The van der Waals surface area contributed by atoms with Crippen molar-refractivity contribution in [1.82, 2.24) is 29.6 Å². The molecular formula is C17H21N7O. The Balaban J connectivity index is 1.33. The highest BCUT2D eigenvalue weighted by Gasteiger charge is 2.29. The average Bonchev–Trinajstić information content (AvgIpc) is 3.26. The number of likely N-dealkylation sites (tertiary alicyclic amines) is 1. The number of rotatable bonds is 4. The van der Waals surface area contributed by atoms with Crippen molar-refractivity contribution in [3.05, 3.63) is 30.2 Å². The number of nitrogens with zero attached hydrogens (tertiary/aromatic N) is 6. The lowest BCUT2D eigenvalue weighted by Gasteiger charge is -2.25. The predicted octanol–water partition coefficient (Wildman–Crippen LogP) is 2.11. The molecule has 1 saturated heterocycles. The fourth-order valence-corrected chi connectivity index (χ4v) is 3.96. The molecule has 0 aromatic carbocycles. The van der Waals surface area contributed by atoms with Crippen molar-refractivity contribution < 1.29 is 4.52 Å². The Bertz CT molecular complexity index is 897. The van der Waals surface area contributed by atoms with E-state index >= 15 is 0 Å². The van der Waals surface area contributed by atoms with Gasteiger partial charge in [0.1, 0.15) is 18.1 Å². The van der Waals surface area contributed by atoms with Gasteiger partial charge in [-0.2, -0.15) is 0 Å². The van der Waals surface area contributed by atoms with Crippen molar-refractivity contribution in [2.45, 2.75) is 44.2 Å². The van der Waals surface area contributed by atoms with Crippen molar-refractivity contribution in [2.75, 3.05) is 18.8 Å². The summed E-state index contributed by atoms with van der Waals surface area (Å²) in [6, 6.07) is 0.353. The fraction of sp³-hybridized carbons (Fsp3) is 0.529. The second-order valence-electron chi connectivity index (χ2n) is 7.11. The van der Waals surface area contributed by atoms with Gasteiger partial charge in [0.05, 0.1) is 18.1 Å². The van der Waals surface area contributed by atoms with E-state index in [9.17, 15) is 0 Å². The van der Waals surface area contributed by atoms with Crippen LogP contribution in [-0.4, -0.2) is 42.7 Å². The Kier molecular flexibility index (Phi) is 3.44. The molecule has 0 radical (unpaired) electrons. The summed E-state index contributed by atoms with van der Waals surface area (Å²) < 4.78 is 7.39. The Morgan fingerprint density at radius 2 is 2.12 bits per heavy atom. The molecule has 1 atom stereocenters. The average molecular weight is 339 g/mol. The molecule has 0 spiro atoms. The van der Waals surface area contributed by atoms with E-state index < -0.39 is 0 Å². The summed E-state index contributed by atoms with van der Waals surface area (Å²) in [6.45, 7) is 2.90. The zero-order valence-electron chi connectivity index (χ0n) is 14.0. The van der Waals surface area contributed by atoms with Crippen LogP contribution in [-0.2, 0) is 6.54 Å². The lowest BCUT2D eigenvalue weighted by Crippen LogP contribution is -2.22. The molecule has 1 aliphatic carbocycles. The minimum atomic E-state index is 0.353. The number of hydrogen-bond donors (Lipinski definition) is 1. The summed E-state index contributed by atoms with van der Waals surface area (Å²) in [5.74, 6) is 1.04. The normalized spacial score (nSPS) is 21.8. The topological polar surface area (TPSA) is 98.9 Å². The van der Waals surface area contributed by atoms with Crippen LogP contribution in [0.25, 0.3) is 11.2 Å². The molecule has 8 nitrogen and oxygen atoms in total. The van der Waals surface area contributed by atoms with Crippen molar-refractivity contribution in [2.24, 2.45) is 0 Å². The molecule has 1 saturated carbocycles. The van der Waals surface area contributed by atoms with Gasteiger partial charge in [-0.15, -0.1) is 0 Å². The fourth-order valence-electron chi connectivity index (χ4n) is 3.96. The molecule has 2 N–H and O–H groups in total. The van der Waals surface area contributed by atoms with Gasteiger partial charge in [0.15, 0.2) is 11.5 Å². The Labute approximate surface area is 145 Å². The van der Waals surface area contributed by atoms with Crippen LogP contribution in [0.15, 0.2) is 23.4 Å². The molecule has 3 aromatic rings. The van der Waals surface area contributed by atoms with E-state index in [0.29, 0.717) is 23.3 Å². The molecule has 1 unspecified atom stereocenters. The smallest absolute Gasteiger partial charge is 0.165 e. The van der Waals surface area contributed by atoms with Crippen LogP contribution in [0.3, 0.4) is 0 Å². The summed E-state index contributed by atoms with van der Waals surface area (Å²) in [5, 5.41) is 4.25. The van der Waals surface area contributed by atoms with E-state index in [-0.39, 0.29) is 0 Å². The zero-order chi connectivity index (χ0) is 16.8. The summed E-state index contributed by atoms with van der Waals surface area (Å²) in [5.41, 5.74) is 9.81. The SMILES string of the molecule is Nc1ncnc2c1ncn2C1CCN(Cc2conc2C2CCC2)C1. The molecule has 0 bridgehead atoms. The number of aromatic nitrogens is 5. The van der Waals surface area contributed by atoms with Crippen LogP contribution in [0.4, 0.5) is 5.82 Å². The first-order valence-electron chi connectivity index (χ1n) is 8.88. The van der Waals surface area contributed by atoms with E-state index in [1.807, 2.05) is 12.6 Å². The highest BCUT2D eigenvalue weighted by atomic mass is 16.5. The molecule has 1 aliphatic heterocycles. The number of nitrogen functional groups attached to an aromatic ring is 1.